The molecule has 0 spiro atoms. The first-order valence-corrected chi connectivity index (χ1v) is 13.5. The maximum Gasteiger partial charge on any atom is 0.244 e. The van der Waals surface area contributed by atoms with E-state index in [1.165, 1.54) is 4.90 Å². The largest absolute Gasteiger partial charge is 0.352 e. The van der Waals surface area contributed by atoms with Gasteiger partial charge in [0.2, 0.25) is 21.8 Å². The summed E-state index contributed by atoms with van der Waals surface area (Å²) in [6, 6.07) is 10.9. The molecule has 0 saturated heterocycles. The maximum absolute atomic E-state index is 13.5. The Balaban J connectivity index is 2.41. The summed E-state index contributed by atoms with van der Waals surface area (Å²) >= 11 is 12.3. The van der Waals surface area contributed by atoms with Crippen LogP contribution < -0.4 is 9.62 Å². The molecule has 10 heteroatoms. The van der Waals surface area contributed by atoms with Gasteiger partial charge in [0.05, 0.1) is 11.9 Å². The average Bonchev–Trinajstić information content (AvgIpc) is 2.75. The smallest absolute Gasteiger partial charge is 0.244 e. The van der Waals surface area contributed by atoms with E-state index in [0.717, 1.165) is 22.5 Å². The number of anilines is 1. The lowest BCUT2D eigenvalue weighted by Crippen LogP contribution is -2.52. The molecular weight excluding hydrogens is 497 g/mol. The van der Waals surface area contributed by atoms with Crippen LogP contribution in [0.3, 0.4) is 0 Å². The van der Waals surface area contributed by atoms with Gasteiger partial charge in [-0.2, -0.15) is 0 Å². The molecule has 2 aromatic rings. The second-order valence-electron chi connectivity index (χ2n) is 8.39. The molecule has 0 saturated carbocycles. The Kier molecular flexibility index (Phi) is 9.79. The molecule has 0 bridgehead atoms. The van der Waals surface area contributed by atoms with Crippen LogP contribution in [0.15, 0.2) is 42.5 Å². The Labute approximate surface area is 212 Å². The topological polar surface area (TPSA) is 86.8 Å². The predicted octanol–water partition coefficient (Wildman–Crippen LogP) is 4.26. The van der Waals surface area contributed by atoms with E-state index in [1.54, 1.807) is 37.3 Å². The molecule has 0 unspecified atom stereocenters. The third kappa shape index (κ3) is 7.61. The zero-order valence-corrected chi connectivity index (χ0v) is 22.3. The summed E-state index contributed by atoms with van der Waals surface area (Å²) in [5.74, 6) is -0.894. The van der Waals surface area contributed by atoms with Crippen molar-refractivity contribution in [3.8, 4) is 0 Å². The van der Waals surface area contributed by atoms with Gasteiger partial charge in [0.15, 0.2) is 0 Å². The van der Waals surface area contributed by atoms with Crippen LogP contribution in [0.2, 0.25) is 10.0 Å². The number of sulfonamides is 1. The van der Waals surface area contributed by atoms with Crippen LogP contribution in [0.25, 0.3) is 0 Å². The predicted molar refractivity (Wildman–Crippen MR) is 138 cm³/mol. The van der Waals surface area contributed by atoms with E-state index >= 15 is 0 Å². The van der Waals surface area contributed by atoms with E-state index < -0.39 is 28.5 Å². The number of hydrogen-bond donors (Lipinski definition) is 1. The summed E-state index contributed by atoms with van der Waals surface area (Å²) in [7, 11) is -3.78. The van der Waals surface area contributed by atoms with E-state index in [9.17, 15) is 18.0 Å². The van der Waals surface area contributed by atoms with Crippen molar-refractivity contribution >= 4 is 50.7 Å². The molecule has 0 radical (unpaired) electrons. The minimum absolute atomic E-state index is 0.00783. The molecule has 0 aliphatic carbocycles. The molecule has 0 aromatic heterocycles. The van der Waals surface area contributed by atoms with E-state index in [1.807, 2.05) is 32.9 Å². The Bertz CT molecular complexity index is 1120. The van der Waals surface area contributed by atoms with Crippen LogP contribution in [0.5, 0.6) is 0 Å². The van der Waals surface area contributed by atoms with Crippen LogP contribution >= 0.6 is 23.2 Å². The first kappa shape index (κ1) is 28.0. The summed E-state index contributed by atoms with van der Waals surface area (Å²) in [5, 5.41) is 3.58. The van der Waals surface area contributed by atoms with Gasteiger partial charge in [-0.05, 0) is 62.6 Å². The zero-order valence-electron chi connectivity index (χ0n) is 20.0. The molecule has 186 valence electrons. The van der Waals surface area contributed by atoms with Gasteiger partial charge in [-0.15, -0.1) is 0 Å². The van der Waals surface area contributed by atoms with Gasteiger partial charge in [0.25, 0.3) is 0 Å². The standard InChI is InChI=1S/C24H31Cl2N3O4S/c1-6-18-7-11-21(12-8-18)29(34(5,32)33)15-23(30)28(17(4)24(31)27-16(2)3)14-19-9-10-20(25)13-22(19)26/h7-13,16-17H,6,14-15H2,1-5H3,(H,27,31)/t17-/m0/s1. The molecule has 2 amide bonds. The molecule has 1 N–H and O–H groups in total. The number of carbonyl (C=O) groups is 2. The number of hydrogen-bond acceptors (Lipinski definition) is 4. The normalized spacial score (nSPS) is 12.4. The summed E-state index contributed by atoms with van der Waals surface area (Å²) < 4.78 is 26.2. The van der Waals surface area contributed by atoms with Crippen molar-refractivity contribution < 1.29 is 18.0 Å². The van der Waals surface area contributed by atoms with Gasteiger partial charge < -0.3 is 10.2 Å². The fourth-order valence-corrected chi connectivity index (χ4v) is 4.65. The highest BCUT2D eigenvalue weighted by Gasteiger charge is 2.30. The van der Waals surface area contributed by atoms with Crippen molar-refractivity contribution in [3.05, 3.63) is 63.6 Å². The van der Waals surface area contributed by atoms with Crippen molar-refractivity contribution in [2.45, 2.75) is 52.7 Å². The monoisotopic (exact) mass is 527 g/mol. The second kappa shape index (κ2) is 11.9. The van der Waals surface area contributed by atoms with Crippen LogP contribution in [-0.2, 0) is 32.6 Å². The lowest BCUT2D eigenvalue weighted by molar-refractivity contribution is -0.139. The Hall–Kier alpha value is -2.29. The maximum atomic E-state index is 13.5. The van der Waals surface area contributed by atoms with Crippen LogP contribution in [-0.4, -0.2) is 50.0 Å². The number of rotatable bonds is 10. The Morgan fingerprint density at radius 2 is 1.65 bits per heavy atom. The number of halogens is 2. The third-order valence-corrected chi connectivity index (χ3v) is 6.99. The van der Waals surface area contributed by atoms with Gasteiger partial charge in [-0.1, -0.05) is 48.3 Å². The van der Waals surface area contributed by atoms with Gasteiger partial charge >= 0.3 is 0 Å². The van der Waals surface area contributed by atoms with Gasteiger partial charge in [0, 0.05) is 22.6 Å². The molecule has 0 aliphatic heterocycles. The van der Waals surface area contributed by atoms with Crippen molar-refractivity contribution in [3.63, 3.8) is 0 Å². The number of carbonyl (C=O) groups excluding carboxylic acids is 2. The SMILES string of the molecule is CCc1ccc(N(CC(=O)N(Cc2ccc(Cl)cc2Cl)[C@@H](C)C(=O)NC(C)C)S(C)(=O)=O)cc1. The Morgan fingerprint density at radius 1 is 1.03 bits per heavy atom. The van der Waals surface area contributed by atoms with E-state index in [-0.39, 0.29) is 18.5 Å². The molecule has 0 heterocycles. The molecule has 7 nitrogen and oxygen atoms in total. The highest BCUT2D eigenvalue weighted by Crippen LogP contribution is 2.24. The van der Waals surface area contributed by atoms with Crippen LogP contribution in [0.4, 0.5) is 5.69 Å². The lowest BCUT2D eigenvalue weighted by atomic mass is 10.1. The summed E-state index contributed by atoms with van der Waals surface area (Å²) in [6.45, 7) is 6.77. The average molecular weight is 529 g/mol. The minimum atomic E-state index is -3.78. The molecular formula is C24H31Cl2N3O4S. The molecule has 0 aliphatic rings. The number of benzene rings is 2. The van der Waals surface area contributed by atoms with Crippen LogP contribution in [0, 0.1) is 0 Å². The van der Waals surface area contributed by atoms with Crippen LogP contribution in [0.1, 0.15) is 38.8 Å². The fraction of sp³-hybridized carbons (Fsp3) is 0.417. The number of nitrogens with zero attached hydrogens (tertiary/aromatic N) is 2. The van der Waals surface area contributed by atoms with Crippen molar-refractivity contribution in [1.82, 2.24) is 10.2 Å². The minimum Gasteiger partial charge on any atom is -0.352 e. The number of aryl methyl sites for hydroxylation is 1. The second-order valence-corrected chi connectivity index (χ2v) is 11.1. The van der Waals surface area contributed by atoms with Gasteiger partial charge in [0.1, 0.15) is 12.6 Å². The first-order valence-electron chi connectivity index (χ1n) is 10.9. The first-order chi connectivity index (χ1) is 15.8. The highest BCUT2D eigenvalue weighted by molar-refractivity contribution is 7.92. The van der Waals surface area contributed by atoms with Crippen molar-refractivity contribution in [2.75, 3.05) is 17.1 Å². The zero-order chi connectivity index (χ0) is 25.6. The molecule has 34 heavy (non-hydrogen) atoms. The van der Waals surface area contributed by atoms with E-state index in [0.29, 0.717) is 21.3 Å². The third-order valence-electron chi connectivity index (χ3n) is 5.27. The van der Waals surface area contributed by atoms with E-state index in [4.69, 9.17) is 23.2 Å². The number of amides is 2. The number of nitrogens with one attached hydrogen (secondary N) is 1. The fourth-order valence-electron chi connectivity index (χ4n) is 3.33. The molecule has 2 aromatic carbocycles. The summed E-state index contributed by atoms with van der Waals surface area (Å²) in [5.41, 5.74) is 2.00. The van der Waals surface area contributed by atoms with Crippen molar-refractivity contribution in [2.24, 2.45) is 0 Å². The van der Waals surface area contributed by atoms with E-state index in [2.05, 4.69) is 5.32 Å². The Morgan fingerprint density at radius 3 is 2.15 bits per heavy atom. The molecule has 1 atom stereocenters. The van der Waals surface area contributed by atoms with Crippen molar-refractivity contribution in [1.29, 1.82) is 0 Å². The van der Waals surface area contributed by atoms with Gasteiger partial charge in [-0.3, -0.25) is 13.9 Å². The lowest BCUT2D eigenvalue weighted by Gasteiger charge is -2.32. The summed E-state index contributed by atoms with van der Waals surface area (Å²) in [4.78, 5) is 27.6. The summed E-state index contributed by atoms with van der Waals surface area (Å²) in [6.07, 6.45) is 1.85. The molecule has 0 fully saturated rings. The van der Waals surface area contributed by atoms with Gasteiger partial charge in [-0.25, -0.2) is 8.42 Å². The highest BCUT2D eigenvalue weighted by atomic mass is 35.5. The quantitative estimate of drug-likeness (QED) is 0.499. The molecule has 2 rings (SSSR count).